The van der Waals surface area contributed by atoms with Gasteiger partial charge in [0.1, 0.15) is 0 Å². The minimum absolute atomic E-state index is 1.16. The van der Waals surface area contributed by atoms with Crippen LogP contribution in [0.25, 0.3) is 207 Å². The van der Waals surface area contributed by atoms with Crippen LogP contribution in [0.1, 0.15) is 189 Å². The summed E-state index contributed by atoms with van der Waals surface area (Å²) < 4.78 is 0. The Bertz CT molecular complexity index is 6920. The van der Waals surface area contributed by atoms with Gasteiger partial charge in [-0.1, -0.05) is 655 Å². The standard InChI is InChI=1S/C142H108/c1-3-7-109(8-4-1)11-13-111-15-19-113(20-16-111)23-25-115-27-31-117(32-28-115)35-37-119-39-43-121(44-40-119)47-49-123-51-55-125(56-52-123)59-61-127-63-67-129(68-64-127)71-73-131-75-79-133(80-76-131)83-85-135-87-91-137(92-88-135)95-97-139-99-103-141(104-100-139)107-108-142-105-101-140(102-106-142)98-96-138-93-89-136(90-94-138)86-84-134-81-77-132(78-82-134)74-72-130-69-65-128(66-70-130)62-60-126-57-53-124(54-58-126)50-48-122-45-41-120(42-46-122)38-36-118-33-29-116(30-34-118)26-24-114-21-17-112(18-22-114)14-12-110-9-5-2-6-10-110/h1-108H/b13-11+,14-12+,25-23+,26-24+,37-35+,38-36+,49-47+,50-48+,61-59+,62-60+,73-71+,74-72+,85-83+,86-84+,97-95+,98-96+,108-107-. The van der Waals surface area contributed by atoms with Gasteiger partial charge < -0.3 is 0 Å². The van der Waals surface area contributed by atoms with Crippen molar-refractivity contribution in [2.45, 2.75) is 0 Å². The molecule has 0 atom stereocenters. The van der Waals surface area contributed by atoms with Gasteiger partial charge in [0, 0.05) is 0 Å². The highest BCUT2D eigenvalue weighted by Gasteiger charge is 2.05. The van der Waals surface area contributed by atoms with Gasteiger partial charge in [0.05, 0.1) is 0 Å². The normalized spacial score (nSPS) is 12.3. The summed E-state index contributed by atoms with van der Waals surface area (Å²) in [6, 6.07) is 159. The zero-order valence-electron chi connectivity index (χ0n) is 79.4. The summed E-state index contributed by atoms with van der Waals surface area (Å²) >= 11 is 0. The summed E-state index contributed by atoms with van der Waals surface area (Å²) in [7, 11) is 0. The molecule has 142 heavy (non-hydrogen) atoms. The van der Waals surface area contributed by atoms with Crippen LogP contribution in [-0.4, -0.2) is 0 Å². The Labute approximate surface area is 838 Å². The van der Waals surface area contributed by atoms with Crippen molar-refractivity contribution in [2.24, 2.45) is 0 Å². The molecule has 0 heteroatoms. The van der Waals surface area contributed by atoms with Crippen LogP contribution in [0.3, 0.4) is 0 Å². The van der Waals surface area contributed by atoms with E-state index in [1.54, 1.807) is 0 Å². The molecule has 0 aromatic heterocycles. The highest BCUT2D eigenvalue weighted by atomic mass is 14.1. The van der Waals surface area contributed by atoms with Gasteiger partial charge in [0.2, 0.25) is 0 Å². The number of rotatable bonds is 34. The zero-order chi connectivity index (χ0) is 96.0. The molecule has 0 aliphatic heterocycles. The molecule has 0 fully saturated rings. The van der Waals surface area contributed by atoms with Crippen molar-refractivity contribution >= 4 is 207 Å². The van der Waals surface area contributed by atoms with Gasteiger partial charge in [-0.25, -0.2) is 0 Å². The monoisotopic (exact) mass is 1810 g/mol. The maximum atomic E-state index is 2.17. The van der Waals surface area contributed by atoms with Crippen LogP contribution in [0.5, 0.6) is 0 Å². The molecule has 18 rings (SSSR count). The van der Waals surface area contributed by atoms with E-state index in [0.717, 1.165) is 134 Å². The van der Waals surface area contributed by atoms with Gasteiger partial charge in [-0.3, -0.25) is 0 Å². The average Bonchev–Trinajstić information content (AvgIpc) is 0.879. The zero-order valence-corrected chi connectivity index (χ0v) is 79.4. The molecular weight excluding hydrogens is 1710 g/mol. The van der Waals surface area contributed by atoms with E-state index in [0.29, 0.717) is 0 Å². The smallest absolute Gasteiger partial charge is 0.0256 e. The molecule has 0 N–H and O–H groups in total. The molecule has 0 spiro atoms. The topological polar surface area (TPSA) is 0 Å². The Morgan fingerprint density at radius 1 is 0.0493 bits per heavy atom. The first kappa shape index (κ1) is 93.9. The molecule has 0 radical (unpaired) electrons. The highest BCUT2D eigenvalue weighted by molar-refractivity contribution is 5.85. The first-order valence-electron chi connectivity index (χ1n) is 48.4. The van der Waals surface area contributed by atoms with Gasteiger partial charge in [-0.05, 0) is 189 Å². The molecule has 0 saturated carbocycles. The Balaban J connectivity index is 0.369. The quantitative estimate of drug-likeness (QED) is 0.0353. The van der Waals surface area contributed by atoms with Crippen molar-refractivity contribution in [2.75, 3.05) is 0 Å². The van der Waals surface area contributed by atoms with E-state index in [-0.39, 0.29) is 0 Å². The molecule has 0 heterocycles. The predicted molar refractivity (Wildman–Crippen MR) is 628 cm³/mol. The molecule has 0 nitrogen and oxygen atoms in total. The summed E-state index contributed by atoms with van der Waals surface area (Å²) in [5.41, 5.74) is 39.6. The second-order valence-corrected chi connectivity index (χ2v) is 35.2. The second kappa shape index (κ2) is 49.3. The first-order chi connectivity index (χ1) is 70.1. The minimum Gasteiger partial charge on any atom is -0.0622 e. The van der Waals surface area contributed by atoms with E-state index in [4.69, 9.17) is 0 Å². The SMILES string of the molecule is C(=C/c1ccc(/C=C/c2ccc(/C=C/c3ccc(/C=C/c4ccc(/C=C/c5ccc(/C=C/c6ccc(/C=C/c7ccc(/C=C/c8ccc(/C=C/c9ccccc9)cc8)cc7)cc6)cc5)cc4)cc3)cc2)cc1)/c1ccc(/C=C/c2ccc(/C=C/c3ccc(/C=C/c4ccc(/C=C/c5ccc(/C=C/c6ccc(/C=C/c7ccc(/C=C/c8ccc(/C=C/c9ccccc9)cc8)cc7)cc6)cc5)cc4)cc3)cc2)cc1. The Morgan fingerprint density at radius 2 is 0.0915 bits per heavy atom. The van der Waals surface area contributed by atoms with Crippen molar-refractivity contribution in [1.29, 1.82) is 0 Å². The van der Waals surface area contributed by atoms with Gasteiger partial charge >= 0.3 is 0 Å². The number of hydrogen-bond donors (Lipinski definition) is 0. The van der Waals surface area contributed by atoms with Gasteiger partial charge in [-0.2, -0.15) is 0 Å². The lowest BCUT2D eigenvalue weighted by atomic mass is 10.1. The Kier molecular flexibility index (Phi) is 32.6. The second-order valence-electron chi connectivity index (χ2n) is 35.2. The molecule has 0 aliphatic rings. The summed E-state index contributed by atoms with van der Waals surface area (Å²) in [5.74, 6) is 0. The molecule has 0 aliphatic carbocycles. The lowest BCUT2D eigenvalue weighted by molar-refractivity contribution is 1.59. The van der Waals surface area contributed by atoms with Crippen molar-refractivity contribution < 1.29 is 0 Å². The maximum absolute atomic E-state index is 2.17. The molecule has 18 aromatic rings. The van der Waals surface area contributed by atoms with Crippen LogP contribution in [0, 0.1) is 0 Å². The van der Waals surface area contributed by atoms with Crippen molar-refractivity contribution in [3.05, 3.63) is 638 Å². The van der Waals surface area contributed by atoms with Gasteiger partial charge in [-0.15, -0.1) is 0 Å². The lowest BCUT2D eigenvalue weighted by Gasteiger charge is -2.00. The van der Waals surface area contributed by atoms with Gasteiger partial charge in [0.15, 0.2) is 0 Å². The molecule has 0 bridgehead atoms. The van der Waals surface area contributed by atoms with Crippen LogP contribution in [0.4, 0.5) is 0 Å². The van der Waals surface area contributed by atoms with E-state index >= 15 is 0 Å². The van der Waals surface area contributed by atoms with Crippen LogP contribution in [0.15, 0.2) is 449 Å². The summed E-state index contributed by atoms with van der Waals surface area (Å²) in [5, 5.41) is 0. The fourth-order valence-corrected chi connectivity index (χ4v) is 15.9. The van der Waals surface area contributed by atoms with E-state index < -0.39 is 0 Å². The van der Waals surface area contributed by atoms with Crippen LogP contribution in [0.2, 0.25) is 0 Å². The van der Waals surface area contributed by atoms with E-state index in [2.05, 4.69) is 643 Å². The summed E-state index contributed by atoms with van der Waals surface area (Å²) in [6.45, 7) is 0. The fraction of sp³-hybridized carbons (Fsp3) is 0. The fourth-order valence-electron chi connectivity index (χ4n) is 15.9. The molecule has 0 unspecified atom stereocenters. The lowest BCUT2D eigenvalue weighted by Crippen LogP contribution is -1.79. The van der Waals surface area contributed by atoms with E-state index in [1.807, 2.05) is 12.1 Å². The first-order valence-corrected chi connectivity index (χ1v) is 48.4. The van der Waals surface area contributed by atoms with E-state index in [9.17, 15) is 0 Å². The summed E-state index contributed by atoms with van der Waals surface area (Å²) in [6.07, 6.45) is 73.6. The Morgan fingerprint density at radius 3 is 0.141 bits per heavy atom. The molecule has 0 amide bonds. The van der Waals surface area contributed by atoms with E-state index in [1.165, 1.54) is 55.6 Å². The predicted octanol–water partition coefficient (Wildman–Crippen LogP) is 38.6. The molecular formula is C142H108. The molecule has 676 valence electrons. The van der Waals surface area contributed by atoms with Crippen molar-refractivity contribution in [3.63, 3.8) is 0 Å². The Hall–Kier alpha value is -18.5. The molecule has 18 aromatic carbocycles. The van der Waals surface area contributed by atoms with Crippen molar-refractivity contribution in [3.8, 4) is 0 Å². The van der Waals surface area contributed by atoms with Gasteiger partial charge in [0.25, 0.3) is 0 Å². The van der Waals surface area contributed by atoms with Crippen LogP contribution in [-0.2, 0) is 0 Å². The summed E-state index contributed by atoms with van der Waals surface area (Å²) in [4.78, 5) is 0. The van der Waals surface area contributed by atoms with Crippen molar-refractivity contribution in [1.82, 2.24) is 0 Å². The third kappa shape index (κ3) is 30.0. The molecule has 0 saturated heterocycles. The number of hydrogen-bond acceptors (Lipinski definition) is 0. The largest absolute Gasteiger partial charge is 0.0622 e. The third-order valence-corrected chi connectivity index (χ3v) is 24.5. The number of benzene rings is 18. The van der Waals surface area contributed by atoms with Crippen LogP contribution < -0.4 is 0 Å². The highest BCUT2D eigenvalue weighted by Crippen LogP contribution is 2.27. The van der Waals surface area contributed by atoms with Crippen LogP contribution >= 0.6 is 0 Å². The minimum atomic E-state index is 1.16. The maximum Gasteiger partial charge on any atom is -0.0256 e. The third-order valence-electron chi connectivity index (χ3n) is 24.5. The average molecular weight is 1810 g/mol.